The summed E-state index contributed by atoms with van der Waals surface area (Å²) in [5, 5.41) is 0. The fraction of sp³-hybridized carbons (Fsp3) is 0.727. The summed E-state index contributed by atoms with van der Waals surface area (Å²) in [6.07, 6.45) is 16.3. The number of rotatable bonds is 16. The Morgan fingerprint density at radius 1 is 0.889 bits per heavy atom. The standard InChI is InChI=1S/C22H36FNO3/c1-3-5-6-7-8-9-10-11-12-13-14-15-16-19(25)18-17-24-21(20(18)23)22(26)27-4-2/h17,24H,3-16H2,1-2H3. The van der Waals surface area contributed by atoms with Crippen LogP contribution in [0.3, 0.4) is 0 Å². The van der Waals surface area contributed by atoms with E-state index in [2.05, 4.69) is 11.9 Å². The number of esters is 1. The minimum atomic E-state index is -0.794. The van der Waals surface area contributed by atoms with Crippen LogP contribution in [0.15, 0.2) is 6.20 Å². The van der Waals surface area contributed by atoms with Crippen LogP contribution in [0, 0.1) is 5.82 Å². The van der Waals surface area contributed by atoms with Gasteiger partial charge in [0.25, 0.3) is 0 Å². The first-order valence-electron chi connectivity index (χ1n) is 10.7. The largest absolute Gasteiger partial charge is 0.461 e. The second-order valence-electron chi connectivity index (χ2n) is 7.17. The second kappa shape index (κ2) is 14.4. The van der Waals surface area contributed by atoms with Gasteiger partial charge in [-0.2, -0.15) is 0 Å². The van der Waals surface area contributed by atoms with Crippen molar-refractivity contribution < 1.29 is 18.7 Å². The third-order valence-corrected chi connectivity index (χ3v) is 4.85. The summed E-state index contributed by atoms with van der Waals surface area (Å²) >= 11 is 0. The van der Waals surface area contributed by atoms with Crippen molar-refractivity contribution in [3.05, 3.63) is 23.3 Å². The number of ether oxygens (including phenoxy) is 1. The number of aromatic nitrogens is 1. The van der Waals surface area contributed by atoms with Crippen molar-refractivity contribution in [1.82, 2.24) is 4.98 Å². The number of unbranched alkanes of at least 4 members (excludes halogenated alkanes) is 11. The number of H-pyrrole nitrogens is 1. The number of aromatic amines is 1. The number of Topliss-reactive ketones (excluding diaryl/α,β-unsaturated/α-hetero) is 1. The molecule has 4 nitrogen and oxygen atoms in total. The molecule has 0 spiro atoms. The molecule has 1 heterocycles. The molecule has 0 atom stereocenters. The predicted molar refractivity (Wildman–Crippen MR) is 107 cm³/mol. The van der Waals surface area contributed by atoms with Crippen molar-refractivity contribution in [1.29, 1.82) is 0 Å². The molecule has 0 amide bonds. The van der Waals surface area contributed by atoms with E-state index in [1.807, 2.05) is 0 Å². The molecule has 0 aliphatic rings. The maximum atomic E-state index is 14.1. The monoisotopic (exact) mass is 381 g/mol. The van der Waals surface area contributed by atoms with Crippen molar-refractivity contribution >= 4 is 11.8 Å². The van der Waals surface area contributed by atoms with Gasteiger partial charge >= 0.3 is 5.97 Å². The molecule has 0 radical (unpaired) electrons. The predicted octanol–water partition coefficient (Wildman–Crippen LogP) is 6.60. The van der Waals surface area contributed by atoms with Crippen molar-refractivity contribution in [3.8, 4) is 0 Å². The van der Waals surface area contributed by atoms with Gasteiger partial charge in [0.2, 0.25) is 0 Å². The third kappa shape index (κ3) is 9.21. The Labute approximate surface area is 163 Å². The fourth-order valence-electron chi connectivity index (χ4n) is 3.22. The Kier molecular flexibility index (Phi) is 12.5. The van der Waals surface area contributed by atoms with Gasteiger partial charge < -0.3 is 9.72 Å². The molecule has 0 aliphatic heterocycles. The van der Waals surface area contributed by atoms with E-state index >= 15 is 0 Å². The van der Waals surface area contributed by atoms with E-state index in [0.29, 0.717) is 6.42 Å². The molecule has 1 N–H and O–H groups in total. The van der Waals surface area contributed by atoms with Gasteiger partial charge in [0, 0.05) is 12.6 Å². The Morgan fingerprint density at radius 2 is 1.41 bits per heavy atom. The first-order valence-corrected chi connectivity index (χ1v) is 10.7. The highest BCUT2D eigenvalue weighted by Gasteiger charge is 2.22. The maximum Gasteiger partial charge on any atom is 0.357 e. The van der Waals surface area contributed by atoms with Crippen LogP contribution >= 0.6 is 0 Å². The molecular weight excluding hydrogens is 345 g/mol. The lowest BCUT2D eigenvalue weighted by Crippen LogP contribution is -2.08. The lowest BCUT2D eigenvalue weighted by molar-refractivity contribution is 0.0515. The van der Waals surface area contributed by atoms with Crippen LogP contribution in [0.1, 0.15) is 118 Å². The van der Waals surface area contributed by atoms with Gasteiger partial charge in [-0.15, -0.1) is 0 Å². The average molecular weight is 382 g/mol. The minimum Gasteiger partial charge on any atom is -0.461 e. The van der Waals surface area contributed by atoms with E-state index in [9.17, 15) is 14.0 Å². The second-order valence-corrected chi connectivity index (χ2v) is 7.17. The molecule has 154 valence electrons. The maximum absolute atomic E-state index is 14.1. The fourth-order valence-corrected chi connectivity index (χ4v) is 3.22. The lowest BCUT2D eigenvalue weighted by atomic mass is 10.0. The zero-order valence-electron chi connectivity index (χ0n) is 17.1. The molecule has 0 unspecified atom stereocenters. The molecular formula is C22H36FNO3. The van der Waals surface area contributed by atoms with Gasteiger partial charge in [-0.05, 0) is 13.3 Å². The van der Waals surface area contributed by atoms with Gasteiger partial charge in [-0.1, -0.05) is 77.6 Å². The molecule has 0 aromatic carbocycles. The molecule has 5 heteroatoms. The Balaban J connectivity index is 2.10. The van der Waals surface area contributed by atoms with Crippen LogP contribution in [0.2, 0.25) is 0 Å². The first kappa shape index (κ1) is 23.4. The van der Waals surface area contributed by atoms with Gasteiger partial charge in [0.1, 0.15) is 0 Å². The molecule has 27 heavy (non-hydrogen) atoms. The highest BCUT2D eigenvalue weighted by Crippen LogP contribution is 2.17. The Hall–Kier alpha value is -1.65. The van der Waals surface area contributed by atoms with E-state index in [4.69, 9.17) is 4.74 Å². The molecule has 0 fully saturated rings. The average Bonchev–Trinajstić information content (AvgIpc) is 3.04. The van der Waals surface area contributed by atoms with E-state index in [1.165, 1.54) is 64.0 Å². The zero-order valence-corrected chi connectivity index (χ0v) is 17.1. The topological polar surface area (TPSA) is 59.2 Å². The molecule has 1 aromatic rings. The van der Waals surface area contributed by atoms with Crippen LogP contribution in [0.4, 0.5) is 4.39 Å². The van der Waals surface area contributed by atoms with Crippen molar-refractivity contribution in [3.63, 3.8) is 0 Å². The normalized spacial score (nSPS) is 10.9. The molecule has 0 saturated heterocycles. The zero-order chi connectivity index (χ0) is 19.9. The number of halogens is 1. The number of hydrogen-bond donors (Lipinski definition) is 1. The summed E-state index contributed by atoms with van der Waals surface area (Å²) < 4.78 is 18.9. The van der Waals surface area contributed by atoms with Gasteiger partial charge in [0.15, 0.2) is 17.3 Å². The Bertz CT molecular complexity index is 554. The van der Waals surface area contributed by atoms with E-state index in [0.717, 1.165) is 19.3 Å². The van der Waals surface area contributed by atoms with Crippen LogP contribution in [0.25, 0.3) is 0 Å². The quantitative estimate of drug-likeness (QED) is 0.199. The number of ketones is 1. The van der Waals surface area contributed by atoms with E-state index in [1.54, 1.807) is 6.92 Å². The minimum absolute atomic E-state index is 0.0406. The summed E-state index contributed by atoms with van der Waals surface area (Å²) in [4.78, 5) is 26.2. The van der Waals surface area contributed by atoms with E-state index < -0.39 is 11.8 Å². The smallest absolute Gasteiger partial charge is 0.357 e. The first-order chi connectivity index (χ1) is 13.1. The summed E-state index contributed by atoms with van der Waals surface area (Å²) in [5.41, 5.74) is -0.309. The summed E-state index contributed by atoms with van der Waals surface area (Å²) in [6, 6.07) is 0. The Morgan fingerprint density at radius 3 is 1.93 bits per heavy atom. The number of nitrogens with one attached hydrogen (secondary N) is 1. The van der Waals surface area contributed by atoms with Gasteiger partial charge in [-0.25, -0.2) is 9.18 Å². The van der Waals surface area contributed by atoms with Crippen molar-refractivity contribution in [2.24, 2.45) is 0 Å². The number of carbonyl (C=O) groups excluding carboxylic acids is 2. The van der Waals surface area contributed by atoms with Gasteiger partial charge in [-0.3, -0.25) is 4.79 Å². The number of hydrogen-bond acceptors (Lipinski definition) is 3. The summed E-state index contributed by atoms with van der Waals surface area (Å²) in [7, 11) is 0. The molecule has 1 aromatic heterocycles. The van der Waals surface area contributed by atoms with Crippen LogP contribution < -0.4 is 0 Å². The van der Waals surface area contributed by atoms with E-state index in [-0.39, 0.29) is 23.6 Å². The van der Waals surface area contributed by atoms with Crippen LogP contribution in [-0.4, -0.2) is 23.3 Å². The molecule has 0 saturated carbocycles. The molecule has 0 aliphatic carbocycles. The summed E-state index contributed by atoms with van der Waals surface area (Å²) in [6.45, 7) is 4.06. The van der Waals surface area contributed by atoms with Crippen molar-refractivity contribution in [2.45, 2.75) is 97.3 Å². The third-order valence-electron chi connectivity index (χ3n) is 4.85. The molecule has 1 rings (SSSR count). The SMILES string of the molecule is CCCCCCCCCCCCCCC(=O)c1c[nH]c(C(=O)OCC)c1F. The summed E-state index contributed by atoms with van der Waals surface area (Å²) in [5.74, 6) is -1.82. The van der Waals surface area contributed by atoms with Gasteiger partial charge in [0.05, 0.1) is 12.2 Å². The van der Waals surface area contributed by atoms with Crippen molar-refractivity contribution in [2.75, 3.05) is 6.61 Å². The van der Waals surface area contributed by atoms with Crippen LogP contribution in [-0.2, 0) is 4.74 Å². The van der Waals surface area contributed by atoms with Crippen LogP contribution in [0.5, 0.6) is 0 Å². The molecule has 0 bridgehead atoms. The highest BCUT2D eigenvalue weighted by atomic mass is 19.1. The lowest BCUT2D eigenvalue weighted by Gasteiger charge is -2.03. The number of carbonyl (C=O) groups is 2. The highest BCUT2D eigenvalue weighted by molar-refractivity contribution is 5.99.